The molecule has 0 bridgehead atoms. The number of nitrogens with one attached hydrogen (secondary N) is 2. The Bertz CT molecular complexity index is 712. The number of carbonyl (C=O) groups excluding carboxylic acids is 2. The molecule has 2 aromatic rings. The number of ether oxygens (including phenoxy) is 1. The van der Waals surface area contributed by atoms with Gasteiger partial charge in [0.15, 0.2) is 6.61 Å². The van der Waals surface area contributed by atoms with Crippen LogP contribution in [0.3, 0.4) is 0 Å². The molecule has 1 aromatic carbocycles. The highest BCUT2D eigenvalue weighted by molar-refractivity contribution is 5.95. The molecule has 2 N–H and O–H groups in total. The predicted octanol–water partition coefficient (Wildman–Crippen LogP) is 2.61. The Morgan fingerprint density at radius 1 is 1.04 bits per heavy atom. The maximum atomic E-state index is 11.8. The van der Waals surface area contributed by atoms with Gasteiger partial charge in [0.05, 0.1) is 0 Å². The van der Waals surface area contributed by atoms with Gasteiger partial charge in [-0.25, -0.2) is 0 Å². The third-order valence-electron chi connectivity index (χ3n) is 4.15. The Morgan fingerprint density at radius 3 is 2.28 bits per heavy atom. The van der Waals surface area contributed by atoms with Crippen LogP contribution in [0.1, 0.15) is 43.1 Å². The molecule has 2 rings (SSSR count). The summed E-state index contributed by atoms with van der Waals surface area (Å²) in [6.07, 6.45) is 4.04. The van der Waals surface area contributed by atoms with Crippen molar-refractivity contribution >= 4 is 11.8 Å². The number of aromatic nitrogens is 1. The monoisotopic (exact) mass is 341 g/mol. The van der Waals surface area contributed by atoms with Crippen LogP contribution >= 0.6 is 0 Å². The molecule has 6 nitrogen and oxygen atoms in total. The van der Waals surface area contributed by atoms with Crippen molar-refractivity contribution in [2.24, 2.45) is 0 Å². The van der Waals surface area contributed by atoms with Crippen LogP contribution in [-0.2, 0) is 10.2 Å². The summed E-state index contributed by atoms with van der Waals surface area (Å²) in [7, 11) is 0. The first kappa shape index (κ1) is 18.4. The first-order valence-corrected chi connectivity index (χ1v) is 8.15. The Balaban J connectivity index is 1.79. The predicted molar refractivity (Wildman–Crippen MR) is 95.1 cm³/mol. The first-order chi connectivity index (χ1) is 11.9. The van der Waals surface area contributed by atoms with E-state index in [1.807, 2.05) is 24.3 Å². The first-order valence-electron chi connectivity index (χ1n) is 8.15. The molecule has 0 aliphatic heterocycles. The van der Waals surface area contributed by atoms with Gasteiger partial charge in [-0.1, -0.05) is 32.9 Å². The molecular formula is C19H23N3O3. The van der Waals surface area contributed by atoms with Gasteiger partial charge in [0.1, 0.15) is 5.75 Å². The van der Waals surface area contributed by atoms with Crippen molar-refractivity contribution in [2.75, 3.05) is 6.61 Å². The topological polar surface area (TPSA) is 80.3 Å². The van der Waals surface area contributed by atoms with E-state index in [-0.39, 0.29) is 12.0 Å². The third-order valence-corrected chi connectivity index (χ3v) is 4.15. The van der Waals surface area contributed by atoms with Gasteiger partial charge in [0.2, 0.25) is 0 Å². The van der Waals surface area contributed by atoms with E-state index in [1.54, 1.807) is 12.1 Å². The fourth-order valence-corrected chi connectivity index (χ4v) is 2.09. The number of pyridine rings is 1. The lowest BCUT2D eigenvalue weighted by atomic mass is 9.82. The summed E-state index contributed by atoms with van der Waals surface area (Å²) in [5.74, 6) is -0.256. The number of hydrogen-bond donors (Lipinski definition) is 2. The quantitative estimate of drug-likeness (QED) is 0.792. The van der Waals surface area contributed by atoms with Crippen molar-refractivity contribution < 1.29 is 14.3 Å². The molecule has 25 heavy (non-hydrogen) atoms. The zero-order valence-corrected chi connectivity index (χ0v) is 14.7. The molecule has 0 saturated heterocycles. The number of benzene rings is 1. The summed E-state index contributed by atoms with van der Waals surface area (Å²) >= 11 is 0. The number of carbonyl (C=O) groups is 2. The lowest BCUT2D eigenvalue weighted by Crippen LogP contribution is -2.43. The number of hydrazine groups is 1. The SMILES string of the molecule is CCC(C)(C)c1ccc(OCC(=O)NNC(=O)c2ccncc2)cc1. The largest absolute Gasteiger partial charge is 0.484 e. The van der Waals surface area contributed by atoms with Gasteiger partial charge in [0.25, 0.3) is 11.8 Å². The summed E-state index contributed by atoms with van der Waals surface area (Å²) in [6.45, 7) is 6.33. The lowest BCUT2D eigenvalue weighted by molar-refractivity contribution is -0.123. The van der Waals surface area contributed by atoms with Gasteiger partial charge in [-0.2, -0.15) is 0 Å². The smallest absolute Gasteiger partial charge is 0.276 e. The molecule has 0 atom stereocenters. The van der Waals surface area contributed by atoms with Crippen LogP contribution in [0.15, 0.2) is 48.8 Å². The number of nitrogens with zero attached hydrogens (tertiary/aromatic N) is 1. The molecule has 0 aliphatic rings. The summed E-state index contributed by atoms with van der Waals surface area (Å²) in [5, 5.41) is 0. The highest BCUT2D eigenvalue weighted by Crippen LogP contribution is 2.27. The van der Waals surface area contributed by atoms with Crippen LogP contribution in [0, 0.1) is 0 Å². The van der Waals surface area contributed by atoms with Crippen LogP contribution in [0.5, 0.6) is 5.75 Å². The lowest BCUT2D eigenvalue weighted by Gasteiger charge is -2.23. The second-order valence-corrected chi connectivity index (χ2v) is 6.29. The fourth-order valence-electron chi connectivity index (χ4n) is 2.09. The van der Waals surface area contributed by atoms with Crippen LogP contribution in [0.2, 0.25) is 0 Å². The fraction of sp³-hybridized carbons (Fsp3) is 0.316. The van der Waals surface area contributed by atoms with Crippen molar-refractivity contribution in [3.05, 3.63) is 59.9 Å². The second kappa shape index (κ2) is 8.28. The van der Waals surface area contributed by atoms with Crippen molar-refractivity contribution in [3.8, 4) is 5.75 Å². The van der Waals surface area contributed by atoms with E-state index in [1.165, 1.54) is 18.0 Å². The van der Waals surface area contributed by atoms with Crippen molar-refractivity contribution in [1.82, 2.24) is 15.8 Å². The molecule has 0 radical (unpaired) electrons. The van der Waals surface area contributed by atoms with E-state index >= 15 is 0 Å². The summed E-state index contributed by atoms with van der Waals surface area (Å²) < 4.78 is 5.43. The Morgan fingerprint density at radius 2 is 1.68 bits per heavy atom. The van der Waals surface area contributed by atoms with Gasteiger partial charge in [0, 0.05) is 18.0 Å². The Hall–Kier alpha value is -2.89. The number of amides is 2. The minimum atomic E-state index is -0.444. The molecule has 0 unspecified atom stereocenters. The highest BCUT2D eigenvalue weighted by Gasteiger charge is 2.17. The Kier molecular flexibility index (Phi) is 6.11. The molecule has 0 saturated carbocycles. The molecule has 132 valence electrons. The maximum absolute atomic E-state index is 11.8. The van der Waals surface area contributed by atoms with Crippen molar-refractivity contribution in [1.29, 1.82) is 0 Å². The van der Waals surface area contributed by atoms with E-state index in [2.05, 4.69) is 36.6 Å². The number of hydrogen-bond acceptors (Lipinski definition) is 4. The van der Waals surface area contributed by atoms with Crippen LogP contribution < -0.4 is 15.6 Å². The summed E-state index contributed by atoms with van der Waals surface area (Å²) in [4.78, 5) is 27.4. The van der Waals surface area contributed by atoms with Crippen molar-refractivity contribution in [3.63, 3.8) is 0 Å². The van der Waals surface area contributed by atoms with Crippen molar-refractivity contribution in [2.45, 2.75) is 32.6 Å². The average Bonchev–Trinajstić information content (AvgIpc) is 2.65. The molecular weight excluding hydrogens is 318 g/mol. The highest BCUT2D eigenvalue weighted by atomic mass is 16.5. The summed E-state index contributed by atoms with van der Waals surface area (Å²) in [5.41, 5.74) is 6.37. The van der Waals surface area contributed by atoms with Gasteiger partial charge in [-0.05, 0) is 41.7 Å². The van der Waals surface area contributed by atoms with Gasteiger partial charge in [-0.15, -0.1) is 0 Å². The minimum Gasteiger partial charge on any atom is -0.484 e. The molecule has 0 spiro atoms. The number of rotatable bonds is 6. The zero-order chi connectivity index (χ0) is 18.3. The van der Waals surface area contributed by atoms with E-state index in [0.29, 0.717) is 11.3 Å². The molecule has 2 amide bonds. The normalized spacial score (nSPS) is 10.8. The van der Waals surface area contributed by atoms with E-state index in [4.69, 9.17) is 4.74 Å². The molecule has 1 heterocycles. The maximum Gasteiger partial charge on any atom is 0.276 e. The zero-order valence-electron chi connectivity index (χ0n) is 14.7. The van der Waals surface area contributed by atoms with E-state index in [9.17, 15) is 9.59 Å². The van der Waals surface area contributed by atoms with Gasteiger partial charge < -0.3 is 4.74 Å². The third kappa shape index (κ3) is 5.31. The van der Waals surface area contributed by atoms with Crippen LogP contribution in [0.4, 0.5) is 0 Å². The van der Waals surface area contributed by atoms with E-state index < -0.39 is 11.8 Å². The second-order valence-electron chi connectivity index (χ2n) is 6.29. The Labute approximate surface area is 147 Å². The minimum absolute atomic E-state index is 0.104. The van der Waals surface area contributed by atoms with E-state index in [0.717, 1.165) is 6.42 Å². The van der Waals surface area contributed by atoms with Gasteiger partial charge in [-0.3, -0.25) is 25.4 Å². The molecule has 1 aromatic heterocycles. The standard InChI is InChI=1S/C19H23N3O3/c1-4-19(2,3)15-5-7-16(8-6-15)25-13-17(23)21-22-18(24)14-9-11-20-12-10-14/h5-12H,4,13H2,1-3H3,(H,21,23)(H,22,24). The molecule has 0 aliphatic carbocycles. The summed E-state index contributed by atoms with van der Waals surface area (Å²) in [6, 6.07) is 10.8. The molecule has 6 heteroatoms. The average molecular weight is 341 g/mol. The van der Waals surface area contributed by atoms with Gasteiger partial charge >= 0.3 is 0 Å². The molecule has 0 fully saturated rings. The van der Waals surface area contributed by atoms with Crippen LogP contribution in [-0.4, -0.2) is 23.4 Å². The van der Waals surface area contributed by atoms with Crippen LogP contribution in [0.25, 0.3) is 0 Å².